The molecule has 0 bridgehead atoms. The third kappa shape index (κ3) is 65.6. The zero-order chi connectivity index (χ0) is 57.1. The molecular formula is C73H143NO5. The number of amides is 1. The van der Waals surface area contributed by atoms with Gasteiger partial charge in [0.05, 0.1) is 25.4 Å². The van der Waals surface area contributed by atoms with E-state index in [-0.39, 0.29) is 18.5 Å². The van der Waals surface area contributed by atoms with Crippen LogP contribution in [0, 0.1) is 0 Å². The molecule has 470 valence electrons. The third-order valence-corrected chi connectivity index (χ3v) is 17.3. The van der Waals surface area contributed by atoms with Crippen molar-refractivity contribution in [2.24, 2.45) is 0 Å². The first-order valence-electron chi connectivity index (χ1n) is 36.4. The molecule has 0 aromatic rings. The molecular weight excluding hydrogens is 971 g/mol. The number of carbonyl (C=O) groups excluding carboxylic acids is 2. The zero-order valence-electron chi connectivity index (χ0n) is 53.9. The van der Waals surface area contributed by atoms with Crippen LogP contribution >= 0.6 is 0 Å². The summed E-state index contributed by atoms with van der Waals surface area (Å²) in [7, 11) is 0. The normalized spacial score (nSPS) is 12.5. The smallest absolute Gasteiger partial charge is 0.305 e. The minimum Gasteiger partial charge on any atom is -0.466 e. The van der Waals surface area contributed by atoms with E-state index in [0.29, 0.717) is 25.9 Å². The van der Waals surface area contributed by atoms with Crippen LogP contribution in [0.25, 0.3) is 0 Å². The highest BCUT2D eigenvalue weighted by atomic mass is 16.5. The van der Waals surface area contributed by atoms with Gasteiger partial charge in [-0.2, -0.15) is 0 Å². The Morgan fingerprint density at radius 1 is 0.342 bits per heavy atom. The number of nitrogens with one attached hydrogen (secondary N) is 1. The third-order valence-electron chi connectivity index (χ3n) is 17.3. The summed E-state index contributed by atoms with van der Waals surface area (Å²) in [6.45, 7) is 5.00. The van der Waals surface area contributed by atoms with Gasteiger partial charge in [-0.25, -0.2) is 0 Å². The molecule has 0 aliphatic heterocycles. The Kier molecular flexibility index (Phi) is 67.9. The molecule has 79 heavy (non-hydrogen) atoms. The number of allylic oxidation sites excluding steroid dienone is 2. The summed E-state index contributed by atoms with van der Waals surface area (Å²) in [6, 6.07) is -0.540. The van der Waals surface area contributed by atoms with Crippen LogP contribution in [0.5, 0.6) is 0 Å². The van der Waals surface area contributed by atoms with Crippen molar-refractivity contribution >= 4 is 11.9 Å². The van der Waals surface area contributed by atoms with E-state index in [2.05, 4.69) is 31.3 Å². The molecule has 0 aliphatic rings. The number of hydrogen-bond donors (Lipinski definition) is 3. The molecule has 2 atom stereocenters. The van der Waals surface area contributed by atoms with Gasteiger partial charge >= 0.3 is 5.97 Å². The lowest BCUT2D eigenvalue weighted by atomic mass is 10.0. The standard InChI is InChI=1S/C73H143NO5/c1-3-5-7-9-11-13-15-17-19-20-35-39-43-47-51-55-59-63-67-73(78)79-68-64-60-56-52-48-44-40-36-33-31-29-27-25-23-21-22-24-26-28-30-32-34-38-42-46-50-54-58-62-66-72(77)74-70(69-75)71(76)65-61-57-53-49-45-41-37-18-16-14-12-10-8-6-4-2/h21,23,70-71,75-76H,3-20,22,24-69H2,1-2H3,(H,74,77)/b23-21-. The molecule has 0 heterocycles. The van der Waals surface area contributed by atoms with Gasteiger partial charge in [-0.15, -0.1) is 0 Å². The predicted octanol–water partition coefficient (Wildman–Crippen LogP) is 23.5. The number of rotatable bonds is 69. The maximum atomic E-state index is 12.5. The van der Waals surface area contributed by atoms with Gasteiger partial charge in [0.25, 0.3) is 0 Å². The van der Waals surface area contributed by atoms with E-state index >= 15 is 0 Å². The molecule has 0 aromatic carbocycles. The Morgan fingerprint density at radius 2 is 0.595 bits per heavy atom. The van der Waals surface area contributed by atoms with E-state index in [4.69, 9.17) is 4.74 Å². The molecule has 0 spiro atoms. The lowest BCUT2D eigenvalue weighted by molar-refractivity contribution is -0.143. The van der Waals surface area contributed by atoms with Gasteiger partial charge in [-0.05, 0) is 51.4 Å². The first-order chi connectivity index (χ1) is 39.0. The Labute approximate surface area is 495 Å². The number of esters is 1. The maximum Gasteiger partial charge on any atom is 0.305 e. The molecule has 1 amide bonds. The highest BCUT2D eigenvalue weighted by molar-refractivity contribution is 5.76. The molecule has 0 aliphatic carbocycles. The minimum atomic E-state index is -0.663. The van der Waals surface area contributed by atoms with E-state index < -0.39 is 12.1 Å². The van der Waals surface area contributed by atoms with Gasteiger partial charge in [-0.1, -0.05) is 366 Å². The Hall–Kier alpha value is -1.40. The van der Waals surface area contributed by atoms with Gasteiger partial charge in [0.15, 0.2) is 0 Å². The van der Waals surface area contributed by atoms with Crippen LogP contribution < -0.4 is 5.32 Å². The fraction of sp³-hybridized carbons (Fsp3) is 0.945. The average molecular weight is 1110 g/mol. The van der Waals surface area contributed by atoms with Crippen LogP contribution in [0.2, 0.25) is 0 Å². The number of carbonyl (C=O) groups is 2. The SMILES string of the molecule is CCCCCCCCCCCCCCCCCCCCC(=O)OCCCCCCCCCCCCCC/C=C\CCCCCCCCCCCCCCCC(=O)NC(CO)C(O)CCCCCCCCCCCCCCCCC. The van der Waals surface area contributed by atoms with Gasteiger partial charge in [0.1, 0.15) is 0 Å². The summed E-state index contributed by atoms with van der Waals surface area (Å²) in [5.41, 5.74) is 0. The Morgan fingerprint density at radius 3 is 0.899 bits per heavy atom. The highest BCUT2D eigenvalue weighted by Gasteiger charge is 2.20. The van der Waals surface area contributed by atoms with E-state index in [1.165, 1.54) is 347 Å². The lowest BCUT2D eigenvalue weighted by Gasteiger charge is -2.22. The van der Waals surface area contributed by atoms with Gasteiger partial charge in [-0.3, -0.25) is 9.59 Å². The number of unbranched alkanes of at least 4 members (excludes halogenated alkanes) is 56. The van der Waals surface area contributed by atoms with E-state index in [0.717, 1.165) is 38.5 Å². The second-order valence-electron chi connectivity index (χ2n) is 25.3. The van der Waals surface area contributed by atoms with E-state index in [1.807, 2.05) is 0 Å². The molecule has 0 radical (unpaired) electrons. The number of aliphatic hydroxyl groups is 2. The lowest BCUT2D eigenvalue weighted by Crippen LogP contribution is -2.45. The van der Waals surface area contributed by atoms with Crippen molar-refractivity contribution in [2.75, 3.05) is 13.2 Å². The summed E-state index contributed by atoms with van der Waals surface area (Å²) in [5.74, 6) is -0.00874. The van der Waals surface area contributed by atoms with Crippen LogP contribution in [0.4, 0.5) is 0 Å². The molecule has 0 saturated heterocycles. The predicted molar refractivity (Wildman–Crippen MR) is 347 cm³/mol. The number of aliphatic hydroxyl groups excluding tert-OH is 2. The second-order valence-corrected chi connectivity index (χ2v) is 25.3. The Bertz CT molecular complexity index is 1190. The number of hydrogen-bond acceptors (Lipinski definition) is 5. The van der Waals surface area contributed by atoms with Crippen LogP contribution in [0.3, 0.4) is 0 Å². The summed E-state index contributed by atoms with van der Waals surface area (Å²) in [5, 5.41) is 23.3. The fourth-order valence-corrected chi connectivity index (χ4v) is 11.8. The quantitative estimate of drug-likeness (QED) is 0.0320. The fourth-order valence-electron chi connectivity index (χ4n) is 11.8. The molecule has 6 nitrogen and oxygen atoms in total. The van der Waals surface area contributed by atoms with E-state index in [9.17, 15) is 19.8 Å². The van der Waals surface area contributed by atoms with Crippen molar-refractivity contribution in [1.82, 2.24) is 5.32 Å². The summed E-state index contributed by atoms with van der Waals surface area (Å²) >= 11 is 0. The topological polar surface area (TPSA) is 95.9 Å². The van der Waals surface area contributed by atoms with Gasteiger partial charge in [0, 0.05) is 12.8 Å². The molecule has 0 fully saturated rings. The van der Waals surface area contributed by atoms with Crippen LogP contribution in [-0.4, -0.2) is 47.4 Å². The number of ether oxygens (including phenoxy) is 1. The molecule has 0 saturated carbocycles. The summed E-state index contributed by atoms with van der Waals surface area (Å²) in [4.78, 5) is 24.6. The maximum absolute atomic E-state index is 12.5. The van der Waals surface area contributed by atoms with Crippen molar-refractivity contribution < 1.29 is 24.5 Å². The molecule has 0 aromatic heterocycles. The molecule has 2 unspecified atom stereocenters. The highest BCUT2D eigenvalue weighted by Crippen LogP contribution is 2.19. The Balaban J connectivity index is 3.34. The monoisotopic (exact) mass is 1110 g/mol. The summed E-state index contributed by atoms with van der Waals surface area (Å²) < 4.78 is 5.51. The first-order valence-corrected chi connectivity index (χ1v) is 36.4. The van der Waals surface area contributed by atoms with Crippen LogP contribution in [0.15, 0.2) is 12.2 Å². The van der Waals surface area contributed by atoms with Crippen molar-refractivity contribution in [2.45, 2.75) is 431 Å². The van der Waals surface area contributed by atoms with Crippen LogP contribution in [-0.2, 0) is 14.3 Å². The second kappa shape index (κ2) is 69.1. The largest absolute Gasteiger partial charge is 0.466 e. The van der Waals surface area contributed by atoms with E-state index in [1.54, 1.807) is 0 Å². The van der Waals surface area contributed by atoms with Crippen molar-refractivity contribution in [3.05, 3.63) is 12.2 Å². The average Bonchev–Trinajstić information content (AvgIpc) is 3.45. The van der Waals surface area contributed by atoms with Gasteiger partial charge in [0.2, 0.25) is 5.91 Å². The zero-order valence-corrected chi connectivity index (χ0v) is 53.9. The molecule has 3 N–H and O–H groups in total. The van der Waals surface area contributed by atoms with Crippen molar-refractivity contribution in [3.63, 3.8) is 0 Å². The van der Waals surface area contributed by atoms with Crippen molar-refractivity contribution in [1.29, 1.82) is 0 Å². The molecule has 0 rings (SSSR count). The minimum absolute atomic E-state index is 0.0220. The summed E-state index contributed by atoms with van der Waals surface area (Å²) in [6.07, 6.45) is 85.6. The first kappa shape index (κ1) is 77.6. The van der Waals surface area contributed by atoms with Crippen molar-refractivity contribution in [3.8, 4) is 0 Å². The molecule has 6 heteroatoms. The van der Waals surface area contributed by atoms with Crippen LogP contribution in [0.1, 0.15) is 418 Å². The van der Waals surface area contributed by atoms with Gasteiger partial charge < -0.3 is 20.3 Å².